The van der Waals surface area contributed by atoms with Crippen LogP contribution in [0.4, 0.5) is 0 Å². The number of aryl methyl sites for hydroxylation is 1. The van der Waals surface area contributed by atoms with Crippen LogP contribution in [0, 0.1) is 0 Å². The van der Waals surface area contributed by atoms with Crippen molar-refractivity contribution in [1.82, 2.24) is 5.32 Å². The molecule has 1 aromatic rings. The van der Waals surface area contributed by atoms with Crippen LogP contribution in [0.15, 0.2) is 72.9 Å². The molecule has 30 heavy (non-hydrogen) atoms. The van der Waals surface area contributed by atoms with Crippen LogP contribution in [0.3, 0.4) is 0 Å². The highest BCUT2D eigenvalue weighted by atomic mass is 14.9. The lowest BCUT2D eigenvalue weighted by Gasteiger charge is -2.13. The summed E-state index contributed by atoms with van der Waals surface area (Å²) in [4.78, 5) is 0. The zero-order valence-corrected chi connectivity index (χ0v) is 19.2. The Morgan fingerprint density at radius 3 is 2.03 bits per heavy atom. The highest BCUT2D eigenvalue weighted by Gasteiger charge is 2.20. The van der Waals surface area contributed by atoms with Gasteiger partial charge in [0, 0.05) is 6.04 Å². The summed E-state index contributed by atoms with van der Waals surface area (Å²) in [5.74, 6) is 0. The maximum Gasteiger partial charge on any atom is 0.0326 e. The van der Waals surface area contributed by atoms with Crippen molar-refractivity contribution >= 4 is 0 Å². The smallest absolute Gasteiger partial charge is 0.0326 e. The number of hydrogen-bond donors (Lipinski definition) is 1. The third-order valence-corrected chi connectivity index (χ3v) is 5.78. The van der Waals surface area contributed by atoms with E-state index < -0.39 is 0 Å². The number of rotatable bonds is 16. The van der Waals surface area contributed by atoms with Crippen LogP contribution in [0.5, 0.6) is 0 Å². The first-order valence-electron chi connectivity index (χ1n) is 12.3. The van der Waals surface area contributed by atoms with Gasteiger partial charge in [-0.05, 0) is 81.9 Å². The number of nitrogens with one attached hydrogen (secondary N) is 1. The zero-order valence-electron chi connectivity index (χ0n) is 19.2. The van der Waals surface area contributed by atoms with E-state index in [1.165, 1.54) is 68.9 Å². The van der Waals surface area contributed by atoms with Crippen LogP contribution in [-0.2, 0) is 6.42 Å². The second-order valence-corrected chi connectivity index (χ2v) is 8.33. The third-order valence-electron chi connectivity index (χ3n) is 5.78. The number of unbranched alkanes of at least 4 members (excludes halogenated alkanes) is 5. The quantitative estimate of drug-likeness (QED) is 0.215. The summed E-state index contributed by atoms with van der Waals surface area (Å²) >= 11 is 0. The van der Waals surface area contributed by atoms with Crippen LogP contribution in [0.1, 0.15) is 94.7 Å². The van der Waals surface area contributed by atoms with E-state index in [0.29, 0.717) is 6.04 Å². The van der Waals surface area contributed by atoms with Crippen molar-refractivity contribution in [2.24, 2.45) is 0 Å². The topological polar surface area (TPSA) is 12.0 Å². The molecule has 0 spiro atoms. The van der Waals surface area contributed by atoms with E-state index in [2.05, 4.69) is 85.1 Å². The maximum atomic E-state index is 3.75. The molecule has 1 N–H and O–H groups in total. The highest BCUT2D eigenvalue weighted by Crippen LogP contribution is 2.30. The normalized spacial score (nSPS) is 16.6. The SMILES string of the molecule is CCCCCC=CCC=CCC=CCC=CCCCCNC1CCc2ccccc21. The van der Waals surface area contributed by atoms with Crippen molar-refractivity contribution in [3.63, 3.8) is 0 Å². The molecule has 1 nitrogen and oxygen atoms in total. The molecule has 0 aliphatic heterocycles. The Labute approximate surface area is 186 Å². The fraction of sp³-hybridized carbons (Fsp3) is 0.517. The van der Waals surface area contributed by atoms with Gasteiger partial charge in [-0.25, -0.2) is 0 Å². The molecule has 0 radical (unpaired) electrons. The van der Waals surface area contributed by atoms with Crippen molar-refractivity contribution < 1.29 is 0 Å². The lowest BCUT2D eigenvalue weighted by Crippen LogP contribution is -2.20. The molecule has 1 aliphatic carbocycles. The number of fused-ring (bicyclic) bond motifs is 1. The summed E-state index contributed by atoms with van der Waals surface area (Å²) in [6, 6.07) is 9.48. The molecule has 0 aromatic heterocycles. The second kappa shape index (κ2) is 16.9. The number of hydrogen-bond acceptors (Lipinski definition) is 1. The summed E-state index contributed by atoms with van der Waals surface area (Å²) in [6.07, 6.45) is 33.0. The highest BCUT2D eigenvalue weighted by molar-refractivity contribution is 5.34. The molecule has 0 saturated carbocycles. The molecule has 2 rings (SSSR count). The van der Waals surface area contributed by atoms with Crippen molar-refractivity contribution in [1.29, 1.82) is 0 Å². The van der Waals surface area contributed by atoms with Crippen molar-refractivity contribution in [2.75, 3.05) is 6.54 Å². The van der Waals surface area contributed by atoms with Gasteiger partial charge in [0.15, 0.2) is 0 Å². The van der Waals surface area contributed by atoms with Gasteiger partial charge in [-0.1, -0.05) is 92.6 Å². The van der Waals surface area contributed by atoms with Gasteiger partial charge >= 0.3 is 0 Å². The van der Waals surface area contributed by atoms with Crippen molar-refractivity contribution in [3.8, 4) is 0 Å². The lowest BCUT2D eigenvalue weighted by molar-refractivity contribution is 0.513. The van der Waals surface area contributed by atoms with Crippen LogP contribution in [0.2, 0.25) is 0 Å². The monoisotopic (exact) mass is 405 g/mol. The maximum absolute atomic E-state index is 3.75. The predicted molar refractivity (Wildman–Crippen MR) is 134 cm³/mol. The Bertz CT molecular complexity index is 665. The van der Waals surface area contributed by atoms with E-state index in [1.807, 2.05) is 0 Å². The average molecular weight is 406 g/mol. The second-order valence-electron chi connectivity index (χ2n) is 8.33. The summed E-state index contributed by atoms with van der Waals surface area (Å²) in [6.45, 7) is 3.39. The Morgan fingerprint density at radius 2 is 1.37 bits per heavy atom. The van der Waals surface area contributed by atoms with Gasteiger partial charge in [-0.15, -0.1) is 0 Å². The van der Waals surface area contributed by atoms with Gasteiger partial charge in [-0.3, -0.25) is 0 Å². The Kier molecular flexibility index (Phi) is 13.7. The molecular formula is C29H43N. The molecule has 0 heterocycles. The van der Waals surface area contributed by atoms with Crippen LogP contribution in [-0.4, -0.2) is 6.54 Å². The van der Waals surface area contributed by atoms with Crippen LogP contribution < -0.4 is 5.32 Å². The van der Waals surface area contributed by atoms with E-state index in [1.54, 1.807) is 0 Å². The molecule has 0 amide bonds. The van der Waals surface area contributed by atoms with E-state index in [9.17, 15) is 0 Å². The van der Waals surface area contributed by atoms with Crippen molar-refractivity contribution in [2.45, 2.75) is 90.0 Å². The first kappa shape index (κ1) is 24.4. The van der Waals surface area contributed by atoms with Gasteiger partial charge in [0.05, 0.1) is 0 Å². The third kappa shape index (κ3) is 10.8. The molecule has 1 heteroatoms. The fourth-order valence-electron chi connectivity index (χ4n) is 3.99. The number of benzene rings is 1. The zero-order chi connectivity index (χ0) is 21.1. The van der Waals surface area contributed by atoms with Gasteiger partial charge in [0.1, 0.15) is 0 Å². The van der Waals surface area contributed by atoms with Crippen LogP contribution in [0.25, 0.3) is 0 Å². The molecule has 0 bridgehead atoms. The molecule has 1 aromatic carbocycles. The van der Waals surface area contributed by atoms with Gasteiger partial charge in [0.2, 0.25) is 0 Å². The van der Waals surface area contributed by atoms with Gasteiger partial charge in [-0.2, -0.15) is 0 Å². The van der Waals surface area contributed by atoms with Gasteiger partial charge < -0.3 is 5.32 Å². The molecular weight excluding hydrogens is 362 g/mol. The van der Waals surface area contributed by atoms with Crippen molar-refractivity contribution in [3.05, 3.63) is 84.0 Å². The molecule has 164 valence electrons. The molecule has 1 aliphatic rings. The minimum atomic E-state index is 0.581. The molecule has 1 atom stereocenters. The Morgan fingerprint density at radius 1 is 0.767 bits per heavy atom. The number of allylic oxidation sites excluding steroid dienone is 8. The minimum absolute atomic E-state index is 0.581. The lowest BCUT2D eigenvalue weighted by atomic mass is 10.1. The Balaban J connectivity index is 1.39. The summed E-state index contributed by atoms with van der Waals surface area (Å²) < 4.78 is 0. The standard InChI is InChI=1S/C29H43N/c1-2-3-4-5-6-7-8-9-10-11-12-13-14-15-16-17-18-21-26-30-29-25-24-27-22-19-20-23-28(27)29/h6-7,9-10,12-13,15-16,19-20,22-23,29-30H,2-5,8,11,14,17-18,21,24-26H2,1H3. The van der Waals surface area contributed by atoms with Crippen LogP contribution >= 0.6 is 0 Å². The predicted octanol–water partition coefficient (Wildman–Crippen LogP) is 8.41. The summed E-state index contributed by atoms with van der Waals surface area (Å²) in [5.41, 5.74) is 3.06. The molecule has 0 saturated heterocycles. The average Bonchev–Trinajstić information content (AvgIpc) is 3.18. The molecule has 1 unspecified atom stereocenters. The van der Waals surface area contributed by atoms with E-state index in [-0.39, 0.29) is 0 Å². The summed E-state index contributed by atoms with van der Waals surface area (Å²) in [7, 11) is 0. The fourth-order valence-corrected chi connectivity index (χ4v) is 3.99. The summed E-state index contributed by atoms with van der Waals surface area (Å²) in [5, 5.41) is 3.75. The molecule has 0 fully saturated rings. The van der Waals surface area contributed by atoms with E-state index in [0.717, 1.165) is 25.8 Å². The van der Waals surface area contributed by atoms with E-state index in [4.69, 9.17) is 0 Å². The minimum Gasteiger partial charge on any atom is -0.310 e. The van der Waals surface area contributed by atoms with E-state index >= 15 is 0 Å². The first-order chi connectivity index (χ1) is 14.9. The Hall–Kier alpha value is -1.86. The van der Waals surface area contributed by atoms with Gasteiger partial charge in [0.25, 0.3) is 0 Å². The largest absolute Gasteiger partial charge is 0.310 e. The first-order valence-corrected chi connectivity index (χ1v) is 12.3.